The number of para-hydroxylation sites is 1. The van der Waals surface area contributed by atoms with E-state index in [1.54, 1.807) is 13.2 Å². The van der Waals surface area contributed by atoms with Crippen molar-refractivity contribution in [2.75, 3.05) is 7.11 Å². The van der Waals surface area contributed by atoms with Crippen LogP contribution in [0.15, 0.2) is 23.2 Å². The second kappa shape index (κ2) is 5.14. The Kier molecular flexibility index (Phi) is 3.81. The van der Waals surface area contributed by atoms with E-state index in [0.29, 0.717) is 26.3 Å². The molecule has 1 aromatic heterocycles. The van der Waals surface area contributed by atoms with E-state index in [-0.39, 0.29) is 0 Å². The maximum Gasteiger partial charge on any atom is 0.179 e. The van der Waals surface area contributed by atoms with Crippen molar-refractivity contribution < 1.29 is 4.74 Å². The van der Waals surface area contributed by atoms with Gasteiger partial charge < -0.3 is 4.74 Å². The summed E-state index contributed by atoms with van der Waals surface area (Å²) in [5, 5.41) is 0.921. The fourth-order valence-electron chi connectivity index (χ4n) is 1.12. The van der Waals surface area contributed by atoms with Crippen molar-refractivity contribution >= 4 is 49.8 Å². The molecule has 0 aliphatic rings. The predicted molar refractivity (Wildman–Crippen MR) is 68.2 cm³/mol. The molecule has 0 N–H and O–H groups in total. The minimum absolute atomic E-state index is 0.400. The molecule has 0 fully saturated rings. The van der Waals surface area contributed by atoms with Crippen molar-refractivity contribution in [1.82, 2.24) is 4.37 Å². The van der Waals surface area contributed by atoms with Gasteiger partial charge in [-0.3, -0.25) is 0 Å². The van der Waals surface area contributed by atoms with Crippen LogP contribution in [-0.2, 0) is 0 Å². The first-order valence-corrected chi connectivity index (χ1v) is 7.07. The third-order valence-corrected chi connectivity index (χ3v) is 4.25. The molecule has 0 aliphatic heterocycles. The summed E-state index contributed by atoms with van der Waals surface area (Å²) < 4.78 is 9.79. The van der Waals surface area contributed by atoms with Crippen LogP contribution in [0.4, 0.5) is 5.69 Å². The van der Waals surface area contributed by atoms with Gasteiger partial charge in [0.15, 0.2) is 15.6 Å². The van der Waals surface area contributed by atoms with Gasteiger partial charge >= 0.3 is 0 Å². The van der Waals surface area contributed by atoms with Gasteiger partial charge in [0, 0.05) is 10.5 Å². The van der Waals surface area contributed by atoms with Crippen LogP contribution in [0.1, 0.15) is 0 Å². The van der Waals surface area contributed by atoms with Crippen LogP contribution in [0.25, 0.3) is 0 Å². The Hall–Kier alpha value is -0.620. The monoisotopic (exact) mass is 292 g/mol. The lowest BCUT2D eigenvalue weighted by Crippen LogP contribution is -1.94. The first-order chi connectivity index (χ1) is 7.72. The summed E-state index contributed by atoms with van der Waals surface area (Å²) in [5.74, 6) is 0.540. The topological polar surface area (TPSA) is 34.5 Å². The van der Waals surface area contributed by atoms with Crippen molar-refractivity contribution in [2.45, 2.75) is 0 Å². The summed E-state index contributed by atoms with van der Waals surface area (Å²) in [6, 6.07) is 5.36. The number of halogens is 2. The molecule has 1 aromatic carbocycles. The Labute approximate surface area is 110 Å². The second-order valence-electron chi connectivity index (χ2n) is 2.75. The van der Waals surface area contributed by atoms with E-state index in [1.807, 2.05) is 12.1 Å². The van der Waals surface area contributed by atoms with Crippen LogP contribution in [-0.4, -0.2) is 11.5 Å². The van der Waals surface area contributed by atoms with E-state index >= 15 is 0 Å². The highest BCUT2D eigenvalue weighted by atomic mass is 35.5. The number of aromatic nitrogens is 1. The van der Waals surface area contributed by atoms with E-state index in [0.717, 1.165) is 0 Å². The molecule has 84 valence electrons. The summed E-state index contributed by atoms with van der Waals surface area (Å²) in [6.45, 7) is 0. The molecule has 0 atom stereocenters. The van der Waals surface area contributed by atoms with Gasteiger partial charge in [0.2, 0.25) is 0 Å². The maximum atomic E-state index is 5.98. The van der Waals surface area contributed by atoms with E-state index in [1.165, 1.54) is 20.9 Å². The molecule has 0 saturated heterocycles. The second-order valence-corrected chi connectivity index (χ2v) is 5.35. The Morgan fingerprint density at radius 1 is 1.38 bits per heavy atom. The molecule has 0 amide bonds. The number of hydrogen-bond acceptors (Lipinski definition) is 5. The molecule has 0 radical (unpaired) electrons. The van der Waals surface area contributed by atoms with Gasteiger partial charge in [-0.1, -0.05) is 29.3 Å². The summed E-state index contributed by atoms with van der Waals surface area (Å²) >= 11 is 11.8. The summed E-state index contributed by atoms with van der Waals surface area (Å²) in [7, 11) is 4.25. The lowest BCUT2D eigenvalue weighted by Gasteiger charge is -2.04. The highest BCUT2D eigenvalue weighted by Gasteiger charge is 2.06. The van der Waals surface area contributed by atoms with Crippen LogP contribution < -0.4 is 9.41 Å². The molecule has 0 saturated carbocycles. The first kappa shape index (κ1) is 11.9. The molecule has 3 nitrogen and oxygen atoms in total. The van der Waals surface area contributed by atoms with Crippen molar-refractivity contribution in [2.24, 2.45) is 4.99 Å². The molecule has 0 spiro atoms. The molecule has 7 heteroatoms. The molecule has 0 bridgehead atoms. The van der Waals surface area contributed by atoms with Crippen molar-refractivity contribution in [3.05, 3.63) is 33.0 Å². The lowest BCUT2D eigenvalue weighted by molar-refractivity contribution is 0.416. The number of nitrogens with zero attached hydrogens (tertiary/aromatic N) is 2. The average Bonchev–Trinajstić information content (AvgIpc) is 2.65. The van der Waals surface area contributed by atoms with Crippen LogP contribution >= 0.6 is 44.1 Å². The van der Waals surface area contributed by atoms with Crippen LogP contribution in [0.3, 0.4) is 0 Å². The van der Waals surface area contributed by atoms with Crippen LogP contribution in [0, 0.1) is 0 Å². The zero-order valence-corrected chi connectivity index (χ0v) is 11.3. The Balaban J connectivity index is 2.58. The highest BCUT2D eigenvalue weighted by Crippen LogP contribution is 2.34. The van der Waals surface area contributed by atoms with E-state index in [4.69, 9.17) is 27.9 Å². The van der Waals surface area contributed by atoms with Crippen molar-refractivity contribution in [1.29, 1.82) is 0 Å². The maximum absolute atomic E-state index is 5.98. The average molecular weight is 293 g/mol. The minimum atomic E-state index is 0.400. The third kappa shape index (κ3) is 2.38. The SMILES string of the molecule is COc1c(Cl)cccc1N=c1ssnc1Cl. The van der Waals surface area contributed by atoms with Gasteiger partial charge in [-0.15, -0.1) is 0 Å². The number of hydrogen-bond donors (Lipinski definition) is 0. The first-order valence-electron chi connectivity index (χ1n) is 4.21. The van der Waals surface area contributed by atoms with Gasteiger partial charge in [-0.2, -0.15) is 4.37 Å². The van der Waals surface area contributed by atoms with Crippen LogP contribution in [0.2, 0.25) is 10.2 Å². The van der Waals surface area contributed by atoms with Crippen molar-refractivity contribution in [3.63, 3.8) is 0 Å². The highest BCUT2D eigenvalue weighted by molar-refractivity contribution is 7.66. The Morgan fingerprint density at radius 3 is 2.81 bits per heavy atom. The zero-order valence-electron chi connectivity index (χ0n) is 8.11. The predicted octanol–water partition coefficient (Wildman–Crippen LogP) is 3.75. The molecule has 0 unspecified atom stereocenters. The largest absolute Gasteiger partial charge is 0.493 e. The third-order valence-electron chi connectivity index (χ3n) is 1.78. The standard InChI is InChI=1S/C9H6Cl2N2OS2/c1-14-7-5(10)3-2-4-6(7)12-9-8(11)13-16-15-9/h2-4H,1H3. The molecule has 16 heavy (non-hydrogen) atoms. The molecule has 2 aromatic rings. The fourth-order valence-corrected chi connectivity index (χ4v) is 3.35. The molecule has 0 aliphatic carbocycles. The van der Waals surface area contributed by atoms with Crippen molar-refractivity contribution in [3.8, 4) is 5.75 Å². The summed E-state index contributed by atoms with van der Waals surface area (Å²) in [4.78, 5) is 4.36. The number of benzene rings is 1. The zero-order chi connectivity index (χ0) is 11.5. The molecule has 1 heterocycles. The van der Waals surface area contributed by atoms with E-state index in [2.05, 4.69) is 9.37 Å². The number of methoxy groups -OCH3 is 1. The summed E-state index contributed by atoms with van der Waals surface area (Å²) in [5.41, 5.74) is 0.647. The van der Waals surface area contributed by atoms with E-state index < -0.39 is 0 Å². The van der Waals surface area contributed by atoms with Gasteiger partial charge in [0.25, 0.3) is 0 Å². The normalized spacial score (nSPS) is 11.8. The Morgan fingerprint density at radius 2 is 2.19 bits per heavy atom. The quantitative estimate of drug-likeness (QED) is 0.790. The Bertz CT molecular complexity index is 565. The molecule has 2 rings (SSSR count). The molecular weight excluding hydrogens is 287 g/mol. The smallest absolute Gasteiger partial charge is 0.179 e. The summed E-state index contributed by atoms with van der Waals surface area (Å²) in [6.07, 6.45) is 0. The fraction of sp³-hybridized carbons (Fsp3) is 0.111. The van der Waals surface area contributed by atoms with E-state index in [9.17, 15) is 0 Å². The van der Waals surface area contributed by atoms with Gasteiger partial charge in [-0.25, -0.2) is 4.99 Å². The van der Waals surface area contributed by atoms with Gasteiger partial charge in [0.05, 0.1) is 12.1 Å². The van der Waals surface area contributed by atoms with Gasteiger partial charge in [0.1, 0.15) is 5.69 Å². The minimum Gasteiger partial charge on any atom is -0.493 e. The lowest BCUT2D eigenvalue weighted by atomic mass is 10.3. The van der Waals surface area contributed by atoms with Gasteiger partial charge in [-0.05, 0) is 22.5 Å². The van der Waals surface area contributed by atoms with Crippen LogP contribution in [0.5, 0.6) is 5.75 Å². The number of ether oxygens (including phenoxy) is 1. The number of rotatable bonds is 2. The molecular formula is C9H6Cl2N2OS2.